The first-order chi connectivity index (χ1) is 7.86. The van der Waals surface area contributed by atoms with Gasteiger partial charge in [-0.05, 0) is 0 Å². The zero-order valence-electron chi connectivity index (χ0n) is 8.07. The molecule has 0 aliphatic carbocycles. The highest BCUT2D eigenvalue weighted by molar-refractivity contribution is 6.55. The summed E-state index contributed by atoms with van der Waals surface area (Å²) in [5.41, 5.74) is 0. The zero-order chi connectivity index (χ0) is 13.2. The van der Waals surface area contributed by atoms with Crippen molar-refractivity contribution in [3.63, 3.8) is 0 Å². The summed E-state index contributed by atoms with van der Waals surface area (Å²) >= 11 is 29.1. The Bertz CT molecular complexity index is 431. The van der Waals surface area contributed by atoms with Crippen molar-refractivity contribution < 1.29 is 14.6 Å². The number of carbonyl (C=O) groups is 1. The smallest absolute Gasteiger partial charge is 0.306 e. The van der Waals surface area contributed by atoms with Crippen LogP contribution in [0, 0.1) is 0 Å². The first kappa shape index (κ1) is 15.0. The van der Waals surface area contributed by atoms with E-state index >= 15 is 0 Å². The molecule has 1 N–H and O–H groups in total. The standard InChI is InChI=1S/C9H5Cl5O3/c10-4-5(11)7(13)9(8(14)6(4)12)17-2-1-3(15)16/h1-2H2,(H,15,16). The summed E-state index contributed by atoms with van der Waals surface area (Å²) in [6.07, 6.45) is -0.204. The number of carboxylic acid groups (broad SMARTS) is 1. The Morgan fingerprint density at radius 2 is 1.35 bits per heavy atom. The monoisotopic (exact) mass is 336 g/mol. The maximum absolute atomic E-state index is 10.3. The molecule has 1 rings (SSSR count). The van der Waals surface area contributed by atoms with Crippen LogP contribution in [-0.2, 0) is 4.79 Å². The number of benzene rings is 1. The van der Waals surface area contributed by atoms with E-state index < -0.39 is 5.97 Å². The molecule has 0 spiro atoms. The predicted molar refractivity (Wildman–Crippen MR) is 69.2 cm³/mol. The molecule has 0 aliphatic rings. The van der Waals surface area contributed by atoms with Crippen LogP contribution in [0.5, 0.6) is 5.75 Å². The molecule has 0 bridgehead atoms. The molecule has 0 saturated heterocycles. The Hall–Kier alpha value is -0.0600. The fraction of sp³-hybridized carbons (Fsp3) is 0.222. The summed E-state index contributed by atoms with van der Waals surface area (Å²) in [6, 6.07) is 0. The van der Waals surface area contributed by atoms with E-state index in [0.29, 0.717) is 0 Å². The normalized spacial score (nSPS) is 10.4. The third-order valence-corrected chi connectivity index (χ3v) is 3.97. The fourth-order valence-corrected chi connectivity index (χ4v) is 2.18. The van der Waals surface area contributed by atoms with Gasteiger partial charge in [0, 0.05) is 0 Å². The molecule has 0 atom stereocenters. The SMILES string of the molecule is O=C(O)CCOc1c(Cl)c(Cl)c(Cl)c(Cl)c1Cl. The van der Waals surface area contributed by atoms with Crippen LogP contribution in [0.2, 0.25) is 25.1 Å². The summed E-state index contributed by atoms with van der Waals surface area (Å²) in [7, 11) is 0. The van der Waals surface area contributed by atoms with Crippen molar-refractivity contribution in [2.75, 3.05) is 6.61 Å². The van der Waals surface area contributed by atoms with Crippen LogP contribution < -0.4 is 4.74 Å². The number of hydrogen-bond acceptors (Lipinski definition) is 2. The maximum atomic E-state index is 10.3. The molecule has 0 aliphatic heterocycles. The summed E-state index contributed by atoms with van der Waals surface area (Å²) in [4.78, 5) is 10.3. The van der Waals surface area contributed by atoms with Crippen LogP contribution in [-0.4, -0.2) is 17.7 Å². The fourth-order valence-electron chi connectivity index (χ4n) is 0.952. The Balaban J connectivity index is 3.03. The van der Waals surface area contributed by atoms with E-state index in [1.807, 2.05) is 0 Å². The zero-order valence-corrected chi connectivity index (χ0v) is 11.8. The van der Waals surface area contributed by atoms with Gasteiger partial charge in [-0.3, -0.25) is 4.79 Å². The highest BCUT2D eigenvalue weighted by Crippen LogP contribution is 2.48. The average Bonchev–Trinajstić information content (AvgIpc) is 2.28. The minimum absolute atomic E-state index is 0.00328. The van der Waals surface area contributed by atoms with E-state index in [1.165, 1.54) is 0 Å². The lowest BCUT2D eigenvalue weighted by Crippen LogP contribution is -2.05. The Labute approximate surface area is 122 Å². The van der Waals surface area contributed by atoms with Crippen LogP contribution in [0.15, 0.2) is 0 Å². The highest BCUT2D eigenvalue weighted by Gasteiger charge is 2.20. The van der Waals surface area contributed by atoms with Crippen molar-refractivity contribution >= 4 is 64.0 Å². The van der Waals surface area contributed by atoms with Crippen molar-refractivity contribution in [1.82, 2.24) is 0 Å². The van der Waals surface area contributed by atoms with E-state index in [0.717, 1.165) is 0 Å². The topological polar surface area (TPSA) is 46.5 Å². The third-order valence-electron chi connectivity index (χ3n) is 1.73. The van der Waals surface area contributed by atoms with Crippen molar-refractivity contribution in [3.8, 4) is 5.75 Å². The first-order valence-corrected chi connectivity index (χ1v) is 6.11. The Kier molecular flexibility index (Phi) is 5.48. The number of hydrogen-bond donors (Lipinski definition) is 1. The molecule has 0 amide bonds. The van der Waals surface area contributed by atoms with Crippen molar-refractivity contribution in [1.29, 1.82) is 0 Å². The van der Waals surface area contributed by atoms with Gasteiger partial charge in [-0.25, -0.2) is 0 Å². The molecular formula is C9H5Cl5O3. The van der Waals surface area contributed by atoms with Crippen LogP contribution in [0.25, 0.3) is 0 Å². The lowest BCUT2D eigenvalue weighted by Gasteiger charge is -2.12. The Morgan fingerprint density at radius 1 is 0.941 bits per heavy atom. The number of rotatable bonds is 4. The molecule has 0 fully saturated rings. The lowest BCUT2D eigenvalue weighted by molar-refractivity contribution is -0.137. The molecule has 8 heteroatoms. The second-order valence-electron chi connectivity index (χ2n) is 2.89. The molecule has 0 heterocycles. The van der Waals surface area contributed by atoms with Crippen molar-refractivity contribution in [2.24, 2.45) is 0 Å². The van der Waals surface area contributed by atoms with Gasteiger partial charge in [-0.15, -0.1) is 0 Å². The van der Waals surface area contributed by atoms with Gasteiger partial charge in [0.15, 0.2) is 5.75 Å². The van der Waals surface area contributed by atoms with Gasteiger partial charge in [-0.1, -0.05) is 58.0 Å². The number of ether oxygens (including phenoxy) is 1. The van der Waals surface area contributed by atoms with Gasteiger partial charge in [0.25, 0.3) is 0 Å². The van der Waals surface area contributed by atoms with Crippen LogP contribution >= 0.6 is 58.0 Å². The van der Waals surface area contributed by atoms with Gasteiger partial charge in [-0.2, -0.15) is 0 Å². The van der Waals surface area contributed by atoms with E-state index in [4.69, 9.17) is 67.8 Å². The summed E-state index contributed by atoms with van der Waals surface area (Å²) in [6.45, 7) is -0.108. The number of carboxylic acids is 1. The van der Waals surface area contributed by atoms with E-state index in [9.17, 15) is 4.79 Å². The Morgan fingerprint density at radius 3 is 1.76 bits per heavy atom. The first-order valence-electron chi connectivity index (χ1n) is 4.22. The molecular weight excluding hydrogens is 333 g/mol. The quantitative estimate of drug-likeness (QED) is 0.633. The number of aliphatic carboxylic acids is 1. The van der Waals surface area contributed by atoms with Crippen LogP contribution in [0.3, 0.4) is 0 Å². The maximum Gasteiger partial charge on any atom is 0.306 e. The van der Waals surface area contributed by atoms with Gasteiger partial charge < -0.3 is 9.84 Å². The molecule has 0 saturated carbocycles. The van der Waals surface area contributed by atoms with Gasteiger partial charge in [0.1, 0.15) is 10.0 Å². The second-order valence-corrected chi connectivity index (χ2v) is 4.78. The minimum Gasteiger partial charge on any atom is -0.490 e. The van der Waals surface area contributed by atoms with Gasteiger partial charge >= 0.3 is 5.97 Å². The minimum atomic E-state index is -1.01. The van der Waals surface area contributed by atoms with Crippen molar-refractivity contribution in [2.45, 2.75) is 6.42 Å². The lowest BCUT2D eigenvalue weighted by atomic mass is 10.3. The highest BCUT2D eigenvalue weighted by atomic mass is 35.5. The predicted octanol–water partition coefficient (Wildman–Crippen LogP) is 4.81. The third kappa shape index (κ3) is 3.46. The summed E-state index contributed by atoms with van der Waals surface area (Å²) in [5.74, 6) is -0.989. The summed E-state index contributed by atoms with van der Waals surface area (Å²) < 4.78 is 5.12. The number of halogens is 5. The average molecular weight is 338 g/mol. The van der Waals surface area contributed by atoms with Gasteiger partial charge in [0.2, 0.25) is 0 Å². The molecule has 17 heavy (non-hydrogen) atoms. The largest absolute Gasteiger partial charge is 0.490 e. The molecule has 94 valence electrons. The molecule has 0 radical (unpaired) electrons. The molecule has 3 nitrogen and oxygen atoms in total. The molecule has 0 unspecified atom stereocenters. The molecule has 0 aromatic heterocycles. The van der Waals surface area contributed by atoms with E-state index in [2.05, 4.69) is 0 Å². The van der Waals surface area contributed by atoms with Crippen LogP contribution in [0.1, 0.15) is 6.42 Å². The van der Waals surface area contributed by atoms with Gasteiger partial charge in [0.05, 0.1) is 28.1 Å². The van der Waals surface area contributed by atoms with E-state index in [1.54, 1.807) is 0 Å². The van der Waals surface area contributed by atoms with E-state index in [-0.39, 0.29) is 43.9 Å². The van der Waals surface area contributed by atoms with Crippen molar-refractivity contribution in [3.05, 3.63) is 25.1 Å². The molecule has 1 aromatic carbocycles. The molecule has 1 aromatic rings. The van der Waals surface area contributed by atoms with Crippen LogP contribution in [0.4, 0.5) is 0 Å². The second kappa shape index (κ2) is 6.21. The summed E-state index contributed by atoms with van der Waals surface area (Å²) in [5, 5.41) is 8.49.